The van der Waals surface area contributed by atoms with Gasteiger partial charge in [-0.3, -0.25) is 4.79 Å². The summed E-state index contributed by atoms with van der Waals surface area (Å²) in [4.78, 5) is 12.5. The van der Waals surface area contributed by atoms with E-state index in [0.29, 0.717) is 0 Å². The van der Waals surface area contributed by atoms with Crippen molar-refractivity contribution in [2.45, 2.75) is 39.3 Å². The van der Waals surface area contributed by atoms with Crippen LogP contribution in [0.25, 0.3) is 10.8 Å². The number of aryl methyl sites for hydroxylation is 1. The highest BCUT2D eigenvalue weighted by Gasteiger charge is 2.18. The van der Waals surface area contributed by atoms with Gasteiger partial charge in [0.25, 0.3) is 5.91 Å². The molecule has 0 radical (unpaired) electrons. The molecule has 1 aromatic heterocycles. The summed E-state index contributed by atoms with van der Waals surface area (Å²) in [5.74, 6) is -0.510. The molecule has 1 aliphatic rings. The fraction of sp³-hybridized carbons (Fsp3) is 0.304. The Morgan fingerprint density at radius 1 is 1.28 bits per heavy atom. The van der Waals surface area contributed by atoms with Crippen molar-refractivity contribution in [1.82, 2.24) is 9.99 Å². The number of benzene rings is 2. The molecule has 3 aromatic rings. The fourth-order valence-corrected chi connectivity index (χ4v) is 3.86. The first-order valence-electron chi connectivity index (χ1n) is 9.86. The number of hydrazone groups is 1. The molecule has 1 fully saturated rings. The Bertz CT molecular complexity index is 1080. The van der Waals surface area contributed by atoms with Gasteiger partial charge in [-0.15, -0.1) is 0 Å². The van der Waals surface area contributed by atoms with Gasteiger partial charge >= 0.3 is 0 Å². The topological polar surface area (TPSA) is 75.9 Å². The number of nitrogens with zero attached hydrogens (tertiary/aromatic N) is 2. The molecule has 0 bridgehead atoms. The zero-order valence-corrected chi connectivity index (χ0v) is 16.7. The number of hydrogen-bond acceptors (Lipinski definition) is 4. The number of phenols is 1. The molecule has 6 heteroatoms. The van der Waals surface area contributed by atoms with E-state index in [9.17, 15) is 9.90 Å². The van der Waals surface area contributed by atoms with Crippen LogP contribution in [-0.2, 0) is 11.3 Å². The summed E-state index contributed by atoms with van der Waals surface area (Å²) in [5, 5.41) is 16.1. The van der Waals surface area contributed by atoms with Crippen LogP contribution < -0.4 is 5.43 Å². The minimum atomic E-state index is -0.447. The van der Waals surface area contributed by atoms with Crippen LogP contribution in [0.5, 0.6) is 5.75 Å². The minimum absolute atomic E-state index is 0.0638. The number of ether oxygens (including phenoxy) is 1. The fourth-order valence-electron chi connectivity index (χ4n) is 3.86. The molecule has 29 heavy (non-hydrogen) atoms. The van der Waals surface area contributed by atoms with Gasteiger partial charge in [-0.2, -0.15) is 5.10 Å². The Morgan fingerprint density at radius 3 is 2.76 bits per heavy atom. The zero-order chi connectivity index (χ0) is 20.4. The molecule has 2 aromatic carbocycles. The third-order valence-corrected chi connectivity index (χ3v) is 5.50. The first kappa shape index (κ1) is 19.2. The van der Waals surface area contributed by atoms with Crippen molar-refractivity contribution in [3.63, 3.8) is 0 Å². The average Bonchev–Trinajstić information content (AvgIpc) is 3.31. The van der Waals surface area contributed by atoms with Crippen LogP contribution in [0.15, 0.2) is 47.6 Å². The number of nitrogens with one attached hydrogen (secondary N) is 1. The van der Waals surface area contributed by atoms with Crippen molar-refractivity contribution in [2.75, 3.05) is 6.61 Å². The third kappa shape index (κ3) is 4.03. The Morgan fingerprint density at radius 2 is 2.03 bits per heavy atom. The Labute approximate surface area is 169 Å². The van der Waals surface area contributed by atoms with Crippen LogP contribution in [0.1, 0.15) is 40.2 Å². The van der Waals surface area contributed by atoms with Crippen molar-refractivity contribution in [3.8, 4) is 5.75 Å². The second-order valence-electron chi connectivity index (χ2n) is 7.49. The normalized spacial score (nSPS) is 16.7. The molecular formula is C23H25N3O3. The Kier molecular flexibility index (Phi) is 5.36. The molecule has 0 saturated carbocycles. The number of phenolic OH excluding ortho intramolecular Hbond substituents is 1. The molecule has 150 valence electrons. The van der Waals surface area contributed by atoms with Crippen LogP contribution in [0.3, 0.4) is 0 Å². The van der Waals surface area contributed by atoms with Crippen molar-refractivity contribution in [1.29, 1.82) is 0 Å². The SMILES string of the molecule is Cc1cc(/C=N\NC(=O)c2cc3ccccc3cc2O)c(C)n1C[C@@H]1CCCO1. The number of fused-ring (bicyclic) bond motifs is 1. The van der Waals surface area contributed by atoms with Gasteiger partial charge in [-0.1, -0.05) is 24.3 Å². The minimum Gasteiger partial charge on any atom is -0.507 e. The highest BCUT2D eigenvalue weighted by molar-refractivity contribution is 6.01. The van der Waals surface area contributed by atoms with Gasteiger partial charge in [-0.05, 0) is 55.7 Å². The predicted molar refractivity (Wildman–Crippen MR) is 114 cm³/mol. The lowest BCUT2D eigenvalue weighted by molar-refractivity contribution is 0.0952. The maximum absolute atomic E-state index is 12.5. The standard InChI is InChI=1S/C23H25N3O3/c1-15-10-19(16(2)26(15)14-20-8-5-9-29-20)13-24-25-23(28)21-11-17-6-3-4-7-18(17)12-22(21)27/h3-4,6-7,10-13,20,27H,5,8-9,14H2,1-2H3,(H,25,28)/b24-13-/t20-/m0/s1. The van der Waals surface area contributed by atoms with E-state index in [1.54, 1.807) is 18.3 Å². The maximum Gasteiger partial charge on any atom is 0.275 e. The molecule has 2 N–H and O–H groups in total. The zero-order valence-electron chi connectivity index (χ0n) is 16.7. The molecular weight excluding hydrogens is 366 g/mol. The van der Waals surface area contributed by atoms with Crippen LogP contribution in [-0.4, -0.2) is 34.5 Å². The van der Waals surface area contributed by atoms with Gasteiger partial charge < -0.3 is 14.4 Å². The van der Waals surface area contributed by atoms with Crippen LogP contribution in [0.2, 0.25) is 0 Å². The van der Waals surface area contributed by atoms with Gasteiger partial charge in [0.15, 0.2) is 0 Å². The molecule has 0 aliphatic carbocycles. The Balaban J connectivity index is 1.47. The number of rotatable bonds is 5. The summed E-state index contributed by atoms with van der Waals surface area (Å²) >= 11 is 0. The number of carbonyl (C=O) groups is 1. The first-order chi connectivity index (χ1) is 14.0. The van der Waals surface area contributed by atoms with Gasteiger partial charge in [0, 0.05) is 30.1 Å². The van der Waals surface area contributed by atoms with E-state index in [0.717, 1.165) is 53.7 Å². The van der Waals surface area contributed by atoms with Crippen molar-refractivity contribution in [2.24, 2.45) is 5.10 Å². The number of carbonyl (C=O) groups excluding carboxylic acids is 1. The van der Waals surface area contributed by atoms with E-state index >= 15 is 0 Å². The van der Waals surface area contributed by atoms with Crippen LogP contribution in [0, 0.1) is 13.8 Å². The van der Waals surface area contributed by atoms with Crippen molar-refractivity contribution < 1.29 is 14.6 Å². The van der Waals surface area contributed by atoms with E-state index in [4.69, 9.17) is 4.74 Å². The molecule has 1 saturated heterocycles. The maximum atomic E-state index is 12.5. The number of amides is 1. The van der Waals surface area contributed by atoms with E-state index in [1.165, 1.54) is 0 Å². The van der Waals surface area contributed by atoms with Gasteiger partial charge in [0.1, 0.15) is 5.75 Å². The van der Waals surface area contributed by atoms with Gasteiger partial charge in [-0.25, -0.2) is 5.43 Å². The monoisotopic (exact) mass is 391 g/mol. The molecule has 2 heterocycles. The Hall–Kier alpha value is -3.12. The van der Waals surface area contributed by atoms with E-state index in [-0.39, 0.29) is 17.4 Å². The third-order valence-electron chi connectivity index (χ3n) is 5.50. The van der Waals surface area contributed by atoms with Crippen LogP contribution in [0.4, 0.5) is 0 Å². The van der Waals surface area contributed by atoms with Gasteiger partial charge in [0.05, 0.1) is 17.9 Å². The van der Waals surface area contributed by atoms with Crippen molar-refractivity contribution in [3.05, 3.63) is 65.0 Å². The lowest BCUT2D eigenvalue weighted by atomic mass is 10.1. The first-order valence-corrected chi connectivity index (χ1v) is 9.86. The number of hydrogen-bond donors (Lipinski definition) is 2. The highest BCUT2D eigenvalue weighted by Crippen LogP contribution is 2.25. The van der Waals surface area contributed by atoms with Crippen molar-refractivity contribution >= 4 is 22.9 Å². The van der Waals surface area contributed by atoms with Crippen LogP contribution >= 0.6 is 0 Å². The van der Waals surface area contributed by atoms with E-state index in [2.05, 4.69) is 22.0 Å². The van der Waals surface area contributed by atoms with E-state index < -0.39 is 5.91 Å². The predicted octanol–water partition coefficient (Wildman–Crippen LogP) is 3.91. The molecule has 0 spiro atoms. The quantitative estimate of drug-likeness (QED) is 0.511. The summed E-state index contributed by atoms with van der Waals surface area (Å²) in [5.41, 5.74) is 5.89. The molecule has 4 rings (SSSR count). The summed E-state index contributed by atoms with van der Waals surface area (Å²) in [7, 11) is 0. The number of aromatic nitrogens is 1. The molecule has 0 unspecified atom stereocenters. The summed E-state index contributed by atoms with van der Waals surface area (Å²) in [6.07, 6.45) is 4.11. The summed E-state index contributed by atoms with van der Waals surface area (Å²) in [6, 6.07) is 12.9. The lowest BCUT2D eigenvalue weighted by Crippen LogP contribution is -2.18. The molecule has 6 nitrogen and oxygen atoms in total. The second kappa shape index (κ2) is 8.09. The van der Waals surface area contributed by atoms with E-state index in [1.807, 2.05) is 37.3 Å². The average molecular weight is 391 g/mol. The molecule has 1 atom stereocenters. The summed E-state index contributed by atoms with van der Waals surface area (Å²) < 4.78 is 7.97. The van der Waals surface area contributed by atoms with Gasteiger partial charge in [0.2, 0.25) is 0 Å². The highest BCUT2D eigenvalue weighted by atomic mass is 16.5. The number of aromatic hydroxyl groups is 1. The molecule has 1 aliphatic heterocycles. The molecule has 1 amide bonds. The lowest BCUT2D eigenvalue weighted by Gasteiger charge is -2.14. The smallest absolute Gasteiger partial charge is 0.275 e. The summed E-state index contributed by atoms with van der Waals surface area (Å²) in [6.45, 7) is 5.78. The largest absolute Gasteiger partial charge is 0.507 e. The second-order valence-corrected chi connectivity index (χ2v) is 7.49.